The molecule has 0 aliphatic heterocycles. The fraction of sp³-hybridized carbons (Fsp3) is 0.273. The van der Waals surface area contributed by atoms with Crippen LogP contribution in [0.2, 0.25) is 5.15 Å². The Morgan fingerprint density at radius 2 is 1.08 bits per heavy atom. The number of anilines is 1. The molecule has 0 radical (unpaired) electrons. The van der Waals surface area contributed by atoms with Crippen LogP contribution in [0.4, 0.5) is 5.82 Å². The van der Waals surface area contributed by atoms with E-state index in [-0.39, 0.29) is 7.43 Å². The smallest absolute Gasteiger partial charge is 0.143 e. The molecule has 0 fully saturated rings. The van der Waals surface area contributed by atoms with E-state index in [0.717, 1.165) is 112 Å². The fourth-order valence-corrected chi connectivity index (χ4v) is 32.7. The van der Waals surface area contributed by atoms with Crippen molar-refractivity contribution in [3.8, 4) is 33.8 Å². The summed E-state index contributed by atoms with van der Waals surface area (Å²) in [6, 6.07) is 11.8. The number of methoxy groups -OCH3 is 2. The van der Waals surface area contributed by atoms with Crippen LogP contribution in [-0.4, -0.2) is 74.0 Å². The van der Waals surface area contributed by atoms with Gasteiger partial charge in [-0.2, -0.15) is 10.2 Å². The highest BCUT2D eigenvalue weighted by Gasteiger charge is 2.22. The van der Waals surface area contributed by atoms with Gasteiger partial charge in [-0.3, -0.25) is 9.36 Å². The van der Waals surface area contributed by atoms with E-state index in [1.807, 2.05) is 77.5 Å². The first kappa shape index (κ1) is 59.8. The average Bonchev–Trinajstić information content (AvgIpc) is 4.25. The molecular weight excluding hydrogens is 1230 g/mol. The van der Waals surface area contributed by atoms with Gasteiger partial charge in [-0.25, -0.2) is 19.9 Å². The van der Waals surface area contributed by atoms with E-state index in [1.165, 1.54) is 17.8 Å². The van der Waals surface area contributed by atoms with Crippen LogP contribution < -0.4 is 15.2 Å². The zero-order valence-electron chi connectivity index (χ0n) is 40.7. The number of H-pyrrole nitrogens is 2. The summed E-state index contributed by atoms with van der Waals surface area (Å²) in [6.45, 7) is 11.4. The van der Waals surface area contributed by atoms with E-state index in [0.29, 0.717) is 28.9 Å². The predicted molar refractivity (Wildman–Crippen MR) is 336 cm³/mol. The van der Waals surface area contributed by atoms with Gasteiger partial charge in [0.1, 0.15) is 56.9 Å². The van der Waals surface area contributed by atoms with E-state index < -0.39 is 0 Å². The maximum absolute atomic E-state index is 6.33. The summed E-state index contributed by atoms with van der Waals surface area (Å²) in [4.78, 5) is 24.9. The standard InChI is InChI=1S/C22H22N6O2.C17H15ClN4O2.C4H7N3.CH4.S13/c1-11-20(12(2)30-27-11)16-9-17-15(10-19(16)29-5)21-18(8-14-6-7-23-28(14)4)24-13(3)25-22(21)26-17;1-7-14(8(2)24-22-7)11-5-12-10(6-13(11)23-4)15-16(18)19-9(3)20-17(15)21-12;1-7-4(5)2-3-6-7;;1-3-5-7-9-11-13-12-10-8-6-4-2/h6-7,9-10H,8H2,1-5H3,(H,24,25,26);5-6H,1-4H3,(H,19,20,21);2-3H,5H2,1H3;1H4;. The number of nitrogens with one attached hydrogen (secondary N) is 2. The van der Waals surface area contributed by atoms with Crippen molar-refractivity contribution in [3.05, 3.63) is 99.9 Å². The second kappa shape index (κ2) is 28.3. The van der Waals surface area contributed by atoms with Crippen LogP contribution in [0.15, 0.2) is 57.8 Å². The molecule has 0 atom stereocenters. The summed E-state index contributed by atoms with van der Waals surface area (Å²) in [5, 5.41) is 20.4. The number of benzene rings is 2. The van der Waals surface area contributed by atoms with Gasteiger partial charge in [0.2, 0.25) is 0 Å². The third-order valence-electron chi connectivity index (χ3n) is 10.8. The van der Waals surface area contributed by atoms with Gasteiger partial charge in [0.05, 0.1) is 54.0 Å². The predicted octanol–water partition coefficient (Wildman–Crippen LogP) is 8.98. The van der Waals surface area contributed by atoms with Crippen LogP contribution in [0.1, 0.15) is 53.4 Å². The molecule has 8 heterocycles. The number of aryl methyl sites for hydroxylation is 8. The molecular formula is C44H48ClN13O4S13. The Bertz CT molecular complexity index is 4140. The van der Waals surface area contributed by atoms with Crippen LogP contribution >= 0.6 is 11.6 Å². The number of nitrogens with zero attached hydrogens (tertiary/aromatic N) is 10. The Balaban J connectivity index is 0.000000181. The highest BCUT2D eigenvalue weighted by molar-refractivity contribution is 8.75. The van der Waals surface area contributed by atoms with Crippen LogP contribution in [-0.2, 0) is 141 Å². The molecule has 0 saturated heterocycles. The van der Waals surface area contributed by atoms with E-state index in [4.69, 9.17) is 63.2 Å². The number of aromatic amines is 2. The van der Waals surface area contributed by atoms with Gasteiger partial charge in [0.15, 0.2) is 0 Å². The van der Waals surface area contributed by atoms with E-state index >= 15 is 0 Å². The Morgan fingerprint density at radius 3 is 1.48 bits per heavy atom. The highest BCUT2D eigenvalue weighted by Crippen LogP contribution is 2.42. The summed E-state index contributed by atoms with van der Waals surface area (Å²) in [6.07, 6.45) is 4.13. The Kier molecular flexibility index (Phi) is 22.6. The lowest BCUT2D eigenvalue weighted by atomic mass is 10.00. The minimum absolute atomic E-state index is 0. The molecule has 4 N–H and O–H groups in total. The number of hydrogen-bond donors (Lipinski definition) is 3. The first-order valence-electron chi connectivity index (χ1n) is 21.2. The van der Waals surface area contributed by atoms with Gasteiger partial charge >= 0.3 is 0 Å². The number of hydrogen-bond acceptors (Lipinski definition) is 15. The monoisotopic (exact) mass is 1270 g/mol. The molecule has 0 unspecified atom stereocenters. The maximum atomic E-state index is 6.33. The molecule has 31 heteroatoms. The average molecular weight is 1280 g/mol. The highest BCUT2D eigenvalue weighted by atomic mass is 35.5. The molecule has 17 nitrogen and oxygen atoms in total. The summed E-state index contributed by atoms with van der Waals surface area (Å²) in [7, 11) is 25.1. The number of rotatable bonds is 6. The largest absolute Gasteiger partial charge is 0.496 e. The summed E-state index contributed by atoms with van der Waals surface area (Å²) in [5.74, 6) is 5.02. The summed E-state index contributed by atoms with van der Waals surface area (Å²) < 4.78 is 25.5. The lowest BCUT2D eigenvalue weighted by molar-refractivity contribution is 0.393. The topological polar surface area (TPSA) is 215 Å². The molecule has 0 saturated carbocycles. The number of aromatic nitrogens is 12. The van der Waals surface area contributed by atoms with Gasteiger partial charge < -0.3 is 34.2 Å². The normalized spacial score (nSPS) is 10.4. The van der Waals surface area contributed by atoms with Crippen molar-refractivity contribution in [1.82, 2.24) is 59.8 Å². The third-order valence-corrected chi connectivity index (χ3v) is 33.3. The SMILES string of the molecule is C.COc1cc2c(cc1-c1c(C)noc1C)[nH]c1nc(C)nc(Cc3ccnn3C)c12.COc1cc2c(cc1-c1c(C)noc1C)[nH]c1nc(C)nc(Cl)c12.Cn1nccc1N.S=S=S=S=S=S=S=S=S=S=S=S=S. The van der Waals surface area contributed by atoms with Crippen molar-refractivity contribution < 1.29 is 18.5 Å². The van der Waals surface area contributed by atoms with Gasteiger partial charge in [0, 0.05) is 191 Å². The minimum atomic E-state index is 0. The molecule has 0 aliphatic carbocycles. The van der Waals surface area contributed by atoms with Crippen molar-refractivity contribution in [2.75, 3.05) is 20.0 Å². The second-order valence-corrected chi connectivity index (χ2v) is 35.1. The molecule has 0 aliphatic rings. The minimum Gasteiger partial charge on any atom is -0.496 e. The molecule has 8 aromatic heterocycles. The van der Waals surface area contributed by atoms with Crippen LogP contribution in [0, 0.1) is 41.5 Å². The molecule has 2 aromatic carbocycles. The maximum Gasteiger partial charge on any atom is 0.143 e. The van der Waals surface area contributed by atoms with Crippen LogP contribution in [0.3, 0.4) is 0 Å². The van der Waals surface area contributed by atoms with Crippen molar-refractivity contribution in [2.45, 2.75) is 55.4 Å². The van der Waals surface area contributed by atoms with Gasteiger partial charge in [-0.15, -0.1) is 0 Å². The van der Waals surface area contributed by atoms with Crippen LogP contribution in [0.25, 0.3) is 66.1 Å². The molecule has 10 rings (SSSR count). The summed E-state index contributed by atoms with van der Waals surface area (Å²) in [5.41, 5.74) is 16.1. The van der Waals surface area contributed by atoms with Crippen molar-refractivity contribution in [2.24, 2.45) is 14.1 Å². The summed E-state index contributed by atoms with van der Waals surface area (Å²) >= 11 is 15.7. The van der Waals surface area contributed by atoms with E-state index in [9.17, 15) is 0 Å². The quantitative estimate of drug-likeness (QED) is 0.133. The zero-order chi connectivity index (χ0) is 53.1. The number of halogens is 1. The fourth-order valence-electron chi connectivity index (χ4n) is 7.73. The lowest BCUT2D eigenvalue weighted by Gasteiger charge is -2.09. The third kappa shape index (κ3) is 14.6. The van der Waals surface area contributed by atoms with Crippen molar-refractivity contribution in [3.63, 3.8) is 0 Å². The number of nitrogen functional groups attached to an aromatic ring is 1. The number of fused-ring (bicyclic) bond motifs is 6. The molecule has 0 amide bonds. The van der Waals surface area contributed by atoms with Gasteiger partial charge in [-0.05, 0) is 77.9 Å². The molecule has 75 heavy (non-hydrogen) atoms. The second-order valence-electron chi connectivity index (χ2n) is 15.3. The van der Waals surface area contributed by atoms with Gasteiger partial charge in [-0.1, -0.05) is 29.3 Å². The molecule has 10 aromatic rings. The number of ether oxygens (including phenoxy) is 2. The van der Waals surface area contributed by atoms with Gasteiger partial charge in [0.25, 0.3) is 0 Å². The van der Waals surface area contributed by atoms with Crippen molar-refractivity contribution in [1.29, 1.82) is 0 Å². The molecule has 398 valence electrons. The Morgan fingerprint density at radius 1 is 0.627 bits per heavy atom. The molecule has 0 bridgehead atoms. The molecule has 0 spiro atoms. The van der Waals surface area contributed by atoms with E-state index in [2.05, 4.69) is 51.5 Å². The first-order chi connectivity index (χ1) is 35.7. The van der Waals surface area contributed by atoms with E-state index in [1.54, 1.807) is 124 Å². The van der Waals surface area contributed by atoms with Crippen molar-refractivity contribution >= 4 is 181 Å². The first-order valence-corrected chi connectivity index (χ1v) is 37.6. The zero-order valence-corrected chi connectivity index (χ0v) is 52.1. The lowest BCUT2D eigenvalue weighted by Crippen LogP contribution is -2.03. The number of nitrogens with two attached hydrogens (primary N) is 1. The Labute approximate surface area is 477 Å². The Hall–Kier alpha value is -4.41. The van der Waals surface area contributed by atoms with Crippen LogP contribution in [0.5, 0.6) is 11.5 Å².